The van der Waals surface area contributed by atoms with E-state index >= 15 is 0 Å². The number of amides is 1. The number of nitriles is 1. The summed E-state index contributed by atoms with van der Waals surface area (Å²) in [5, 5.41) is 11.2. The number of nitrogens with one attached hydrogen (secondary N) is 1. The first-order valence-corrected chi connectivity index (χ1v) is 5.63. The Morgan fingerprint density at radius 1 is 1.47 bits per heavy atom. The van der Waals surface area contributed by atoms with Crippen molar-refractivity contribution in [3.63, 3.8) is 0 Å². The maximum Gasteiger partial charge on any atom is 0.328 e. The molecule has 0 saturated heterocycles. The minimum atomic E-state index is -0.701. The molecular weight excluding hydrogens is 244 g/mol. The summed E-state index contributed by atoms with van der Waals surface area (Å²) in [6.07, 6.45) is 2.87. The van der Waals surface area contributed by atoms with Crippen molar-refractivity contribution in [2.24, 2.45) is 0 Å². The zero-order valence-corrected chi connectivity index (χ0v) is 10.7. The molecule has 0 saturated carbocycles. The van der Waals surface area contributed by atoms with E-state index in [1.54, 1.807) is 30.3 Å². The number of benzene rings is 1. The highest BCUT2D eigenvalue weighted by atomic mass is 16.5. The molecule has 0 spiro atoms. The molecule has 0 bridgehead atoms. The van der Waals surface area contributed by atoms with Crippen molar-refractivity contribution in [2.45, 2.75) is 13.0 Å². The predicted octanol–water partition coefficient (Wildman–Crippen LogP) is 1.25. The van der Waals surface area contributed by atoms with E-state index in [9.17, 15) is 9.59 Å². The molecule has 98 valence electrons. The van der Waals surface area contributed by atoms with Gasteiger partial charge in [-0.3, -0.25) is 4.79 Å². The van der Waals surface area contributed by atoms with E-state index in [-0.39, 0.29) is 0 Å². The van der Waals surface area contributed by atoms with Gasteiger partial charge in [0.15, 0.2) is 0 Å². The fraction of sp³-hybridized carbons (Fsp3) is 0.214. The molecule has 19 heavy (non-hydrogen) atoms. The van der Waals surface area contributed by atoms with E-state index < -0.39 is 17.9 Å². The number of esters is 1. The van der Waals surface area contributed by atoms with Gasteiger partial charge in [-0.05, 0) is 30.7 Å². The molecule has 0 fully saturated rings. The Balaban J connectivity index is 2.63. The quantitative estimate of drug-likeness (QED) is 0.651. The minimum Gasteiger partial charge on any atom is -0.467 e. The molecule has 1 N–H and O–H groups in total. The number of ether oxygens (including phenoxy) is 1. The second-order valence-corrected chi connectivity index (χ2v) is 3.82. The largest absolute Gasteiger partial charge is 0.467 e. The average molecular weight is 258 g/mol. The third kappa shape index (κ3) is 4.64. The van der Waals surface area contributed by atoms with Crippen molar-refractivity contribution in [1.29, 1.82) is 5.26 Å². The van der Waals surface area contributed by atoms with Crippen molar-refractivity contribution in [2.75, 3.05) is 7.11 Å². The van der Waals surface area contributed by atoms with Crippen LogP contribution in [0.4, 0.5) is 0 Å². The third-order valence-electron chi connectivity index (χ3n) is 2.36. The summed E-state index contributed by atoms with van der Waals surface area (Å²) in [4.78, 5) is 22.6. The Labute approximate surface area is 111 Å². The van der Waals surface area contributed by atoms with Crippen LogP contribution < -0.4 is 5.32 Å². The van der Waals surface area contributed by atoms with Gasteiger partial charge in [-0.2, -0.15) is 5.26 Å². The molecule has 0 aliphatic rings. The fourth-order valence-corrected chi connectivity index (χ4v) is 1.38. The molecule has 5 heteroatoms. The van der Waals surface area contributed by atoms with Crippen LogP contribution in [0.25, 0.3) is 6.08 Å². The molecular formula is C14H14N2O3. The molecule has 1 rings (SSSR count). The van der Waals surface area contributed by atoms with Crippen LogP contribution >= 0.6 is 0 Å². The van der Waals surface area contributed by atoms with Crippen molar-refractivity contribution in [3.8, 4) is 6.07 Å². The number of nitrogens with zero attached hydrogens (tertiary/aromatic N) is 1. The Morgan fingerprint density at radius 3 is 2.84 bits per heavy atom. The van der Waals surface area contributed by atoms with E-state index in [1.807, 2.05) is 6.07 Å². The molecule has 1 unspecified atom stereocenters. The molecule has 0 aliphatic heterocycles. The standard InChI is InChI=1S/C14H14N2O3/c1-10(14(18)19-2)16-13(17)7-6-11-4-3-5-12(8-11)9-15/h3-8,10H,1-2H3,(H,16,17). The highest BCUT2D eigenvalue weighted by Crippen LogP contribution is 2.05. The fourth-order valence-electron chi connectivity index (χ4n) is 1.38. The lowest BCUT2D eigenvalue weighted by Gasteiger charge is -2.09. The monoisotopic (exact) mass is 258 g/mol. The first-order valence-electron chi connectivity index (χ1n) is 5.63. The predicted molar refractivity (Wildman–Crippen MR) is 69.8 cm³/mol. The van der Waals surface area contributed by atoms with Crippen LogP contribution in [0.1, 0.15) is 18.1 Å². The van der Waals surface area contributed by atoms with Gasteiger partial charge in [0.1, 0.15) is 6.04 Å². The summed E-state index contributed by atoms with van der Waals surface area (Å²) in [6, 6.07) is 8.15. The third-order valence-corrected chi connectivity index (χ3v) is 2.36. The maximum absolute atomic E-state index is 11.5. The van der Waals surface area contributed by atoms with Gasteiger partial charge < -0.3 is 10.1 Å². The molecule has 5 nitrogen and oxygen atoms in total. The van der Waals surface area contributed by atoms with E-state index in [2.05, 4.69) is 10.1 Å². The molecule has 0 aliphatic carbocycles. The number of carbonyl (C=O) groups is 2. The Bertz CT molecular complexity index is 544. The van der Waals surface area contributed by atoms with Gasteiger partial charge >= 0.3 is 5.97 Å². The number of hydrogen-bond acceptors (Lipinski definition) is 4. The molecule has 1 atom stereocenters. The van der Waals surface area contributed by atoms with Gasteiger partial charge in [0, 0.05) is 6.08 Å². The zero-order valence-electron chi connectivity index (χ0n) is 10.7. The Morgan fingerprint density at radius 2 is 2.21 bits per heavy atom. The van der Waals surface area contributed by atoms with Gasteiger partial charge in [-0.25, -0.2) is 4.79 Å². The smallest absolute Gasteiger partial charge is 0.328 e. The molecule has 0 heterocycles. The van der Waals surface area contributed by atoms with Crippen molar-refractivity contribution >= 4 is 18.0 Å². The molecule has 1 aromatic rings. The number of rotatable bonds is 4. The van der Waals surface area contributed by atoms with Crippen LogP contribution in [0, 0.1) is 11.3 Å². The van der Waals surface area contributed by atoms with Crippen LogP contribution in [0.5, 0.6) is 0 Å². The normalized spacial score (nSPS) is 11.6. The van der Waals surface area contributed by atoms with Crippen LogP contribution in [0.2, 0.25) is 0 Å². The second-order valence-electron chi connectivity index (χ2n) is 3.82. The molecule has 0 radical (unpaired) electrons. The SMILES string of the molecule is COC(=O)C(C)NC(=O)C=Cc1cccc(C#N)c1. The van der Waals surface area contributed by atoms with E-state index in [0.717, 1.165) is 5.56 Å². The Kier molecular flexibility index (Phi) is 5.30. The summed E-state index contributed by atoms with van der Waals surface area (Å²) in [7, 11) is 1.26. The maximum atomic E-state index is 11.5. The molecule has 1 aromatic carbocycles. The van der Waals surface area contributed by atoms with Gasteiger partial charge in [0.25, 0.3) is 0 Å². The van der Waals surface area contributed by atoms with E-state index in [4.69, 9.17) is 5.26 Å². The van der Waals surface area contributed by atoms with Gasteiger partial charge in [-0.15, -0.1) is 0 Å². The van der Waals surface area contributed by atoms with Crippen molar-refractivity contribution < 1.29 is 14.3 Å². The van der Waals surface area contributed by atoms with E-state index in [1.165, 1.54) is 20.1 Å². The first kappa shape index (κ1) is 14.5. The summed E-state index contributed by atoms with van der Waals surface area (Å²) >= 11 is 0. The highest BCUT2D eigenvalue weighted by Gasteiger charge is 2.13. The summed E-state index contributed by atoms with van der Waals surface area (Å²) < 4.78 is 4.49. The minimum absolute atomic E-state index is 0.403. The van der Waals surface area contributed by atoms with Crippen molar-refractivity contribution in [1.82, 2.24) is 5.32 Å². The summed E-state index contributed by atoms with van der Waals surface area (Å²) in [6.45, 7) is 1.54. The van der Waals surface area contributed by atoms with Crippen molar-refractivity contribution in [3.05, 3.63) is 41.5 Å². The van der Waals surface area contributed by atoms with Gasteiger partial charge in [-0.1, -0.05) is 12.1 Å². The number of methoxy groups -OCH3 is 1. The molecule has 1 amide bonds. The summed E-state index contributed by atoms with van der Waals surface area (Å²) in [5.41, 5.74) is 1.26. The lowest BCUT2D eigenvalue weighted by molar-refractivity contribution is -0.144. The second kappa shape index (κ2) is 6.97. The zero-order chi connectivity index (χ0) is 14.3. The lowest BCUT2D eigenvalue weighted by atomic mass is 10.1. The van der Waals surface area contributed by atoms with Gasteiger partial charge in [0.2, 0.25) is 5.91 Å². The average Bonchev–Trinajstić information content (AvgIpc) is 2.44. The topological polar surface area (TPSA) is 79.2 Å². The summed E-state index contributed by atoms with van der Waals surface area (Å²) in [5.74, 6) is -0.909. The van der Waals surface area contributed by atoms with Gasteiger partial charge in [0.05, 0.1) is 18.7 Å². The number of hydrogen-bond donors (Lipinski definition) is 1. The van der Waals surface area contributed by atoms with Crippen LogP contribution in [-0.4, -0.2) is 25.0 Å². The van der Waals surface area contributed by atoms with Crippen LogP contribution in [0.15, 0.2) is 30.3 Å². The number of carbonyl (C=O) groups excluding carboxylic acids is 2. The van der Waals surface area contributed by atoms with Crippen LogP contribution in [-0.2, 0) is 14.3 Å². The highest BCUT2D eigenvalue weighted by molar-refractivity contribution is 5.94. The first-order chi connectivity index (χ1) is 9.06. The van der Waals surface area contributed by atoms with E-state index in [0.29, 0.717) is 5.56 Å². The Hall–Kier alpha value is -2.61. The molecule has 0 aromatic heterocycles. The lowest BCUT2D eigenvalue weighted by Crippen LogP contribution is -2.38. The van der Waals surface area contributed by atoms with Crippen LogP contribution in [0.3, 0.4) is 0 Å².